The highest BCUT2D eigenvalue weighted by Gasteiger charge is 2.20. The van der Waals surface area contributed by atoms with Gasteiger partial charge in [-0.1, -0.05) is 24.3 Å². The lowest BCUT2D eigenvalue weighted by atomic mass is 10.1. The molecule has 24 heavy (non-hydrogen) atoms. The molecule has 1 fully saturated rings. The Morgan fingerprint density at radius 2 is 1.96 bits per heavy atom. The van der Waals surface area contributed by atoms with Gasteiger partial charge < -0.3 is 20.1 Å². The predicted octanol–water partition coefficient (Wildman–Crippen LogP) is 1.35. The Hall–Kier alpha value is -1.89. The van der Waals surface area contributed by atoms with Gasteiger partial charge in [0.2, 0.25) is 0 Å². The van der Waals surface area contributed by atoms with Crippen LogP contribution in [0.25, 0.3) is 0 Å². The van der Waals surface area contributed by atoms with Crippen LogP contribution in [0.4, 0.5) is 5.82 Å². The number of benzene rings is 1. The summed E-state index contributed by atoms with van der Waals surface area (Å²) >= 11 is 0. The van der Waals surface area contributed by atoms with Crippen LogP contribution in [0.3, 0.4) is 0 Å². The zero-order valence-electron chi connectivity index (χ0n) is 14.5. The fourth-order valence-corrected chi connectivity index (χ4v) is 3.24. The van der Waals surface area contributed by atoms with Gasteiger partial charge >= 0.3 is 0 Å². The topological polar surface area (TPSA) is 62.5 Å². The molecule has 0 amide bonds. The Bertz CT molecular complexity index is 678. The van der Waals surface area contributed by atoms with Crippen molar-refractivity contribution in [2.75, 3.05) is 31.2 Å². The zero-order valence-corrected chi connectivity index (χ0v) is 14.5. The van der Waals surface area contributed by atoms with Crippen LogP contribution in [-0.2, 0) is 31.5 Å². The van der Waals surface area contributed by atoms with E-state index in [1.165, 1.54) is 16.9 Å². The van der Waals surface area contributed by atoms with E-state index in [4.69, 9.17) is 4.74 Å². The van der Waals surface area contributed by atoms with Crippen molar-refractivity contribution in [2.45, 2.75) is 26.6 Å². The number of nitrogens with one attached hydrogen (secondary N) is 1. The van der Waals surface area contributed by atoms with E-state index < -0.39 is 0 Å². The zero-order chi connectivity index (χ0) is 16.9. The average Bonchev–Trinajstić information content (AvgIpc) is 2.89. The number of hydrogen-bond acceptors (Lipinski definition) is 5. The Morgan fingerprint density at radius 3 is 2.71 bits per heavy atom. The standard InChI is InChI=1S/C18H26N4O2/c1-14-17(12-19-11-15-4-3-5-16(10-15)13-23)18(21(2)20-14)22-6-8-24-9-7-22/h3-5,10,19,23H,6-9,11-13H2,1-2H3. The summed E-state index contributed by atoms with van der Waals surface area (Å²) in [5.41, 5.74) is 4.44. The van der Waals surface area contributed by atoms with Crippen LogP contribution < -0.4 is 10.2 Å². The Balaban J connectivity index is 1.68. The van der Waals surface area contributed by atoms with Gasteiger partial charge in [-0.3, -0.25) is 4.68 Å². The van der Waals surface area contributed by atoms with Crippen LogP contribution in [0.2, 0.25) is 0 Å². The van der Waals surface area contributed by atoms with Crippen molar-refractivity contribution >= 4 is 5.82 Å². The molecule has 0 saturated carbocycles. The summed E-state index contributed by atoms with van der Waals surface area (Å²) in [6.07, 6.45) is 0. The van der Waals surface area contributed by atoms with E-state index >= 15 is 0 Å². The van der Waals surface area contributed by atoms with Gasteiger partial charge in [-0.05, 0) is 18.1 Å². The van der Waals surface area contributed by atoms with Gasteiger partial charge in [-0.25, -0.2) is 0 Å². The van der Waals surface area contributed by atoms with E-state index in [1.807, 2.05) is 29.9 Å². The number of nitrogens with zero attached hydrogens (tertiary/aromatic N) is 3. The number of aliphatic hydroxyl groups is 1. The third-order valence-electron chi connectivity index (χ3n) is 4.43. The van der Waals surface area contributed by atoms with Crippen molar-refractivity contribution in [3.8, 4) is 0 Å². The molecule has 1 aromatic heterocycles. The van der Waals surface area contributed by atoms with Crippen molar-refractivity contribution in [3.63, 3.8) is 0 Å². The lowest BCUT2D eigenvalue weighted by Gasteiger charge is -2.29. The summed E-state index contributed by atoms with van der Waals surface area (Å²) in [6.45, 7) is 7.04. The van der Waals surface area contributed by atoms with Crippen LogP contribution in [0.1, 0.15) is 22.4 Å². The minimum absolute atomic E-state index is 0.0801. The monoisotopic (exact) mass is 330 g/mol. The van der Waals surface area contributed by atoms with E-state index in [9.17, 15) is 5.11 Å². The smallest absolute Gasteiger partial charge is 0.131 e. The van der Waals surface area contributed by atoms with Crippen molar-refractivity contribution < 1.29 is 9.84 Å². The van der Waals surface area contributed by atoms with Crippen molar-refractivity contribution in [2.24, 2.45) is 7.05 Å². The highest BCUT2D eigenvalue weighted by Crippen LogP contribution is 2.24. The molecular weight excluding hydrogens is 304 g/mol. The molecule has 2 heterocycles. The minimum Gasteiger partial charge on any atom is -0.392 e. The molecule has 0 radical (unpaired) electrons. The second-order valence-corrected chi connectivity index (χ2v) is 6.19. The first kappa shape index (κ1) is 17.0. The molecule has 0 atom stereocenters. The van der Waals surface area contributed by atoms with Gasteiger partial charge in [0.15, 0.2) is 0 Å². The Kier molecular flexibility index (Phi) is 5.50. The van der Waals surface area contributed by atoms with Crippen LogP contribution >= 0.6 is 0 Å². The first-order chi connectivity index (χ1) is 11.7. The molecule has 0 unspecified atom stereocenters. The van der Waals surface area contributed by atoms with Gasteiger partial charge in [-0.2, -0.15) is 5.10 Å². The van der Waals surface area contributed by atoms with E-state index in [0.29, 0.717) is 0 Å². The van der Waals surface area contributed by atoms with Crippen molar-refractivity contribution in [3.05, 3.63) is 46.6 Å². The highest BCUT2D eigenvalue weighted by atomic mass is 16.5. The number of aliphatic hydroxyl groups excluding tert-OH is 1. The van der Waals surface area contributed by atoms with E-state index in [1.54, 1.807) is 0 Å². The number of aromatic nitrogens is 2. The molecule has 6 heteroatoms. The molecule has 2 N–H and O–H groups in total. The Labute approximate surface area is 143 Å². The molecule has 1 saturated heterocycles. The summed E-state index contributed by atoms with van der Waals surface area (Å²) in [5, 5.41) is 17.3. The fourth-order valence-electron chi connectivity index (χ4n) is 3.24. The molecule has 6 nitrogen and oxygen atoms in total. The highest BCUT2D eigenvalue weighted by molar-refractivity contribution is 5.50. The lowest BCUT2D eigenvalue weighted by molar-refractivity contribution is 0.122. The molecule has 3 rings (SSSR count). The van der Waals surface area contributed by atoms with E-state index in [2.05, 4.69) is 28.3 Å². The summed E-state index contributed by atoms with van der Waals surface area (Å²) in [5.74, 6) is 1.19. The fraction of sp³-hybridized carbons (Fsp3) is 0.500. The molecule has 0 spiro atoms. The van der Waals surface area contributed by atoms with Gasteiger partial charge in [0, 0.05) is 38.8 Å². The largest absolute Gasteiger partial charge is 0.392 e. The number of morpholine rings is 1. The quantitative estimate of drug-likeness (QED) is 0.837. The SMILES string of the molecule is Cc1nn(C)c(N2CCOCC2)c1CNCc1cccc(CO)c1. The van der Waals surface area contributed by atoms with Crippen LogP contribution in [0.5, 0.6) is 0 Å². The van der Waals surface area contributed by atoms with Gasteiger partial charge in [0.05, 0.1) is 25.5 Å². The molecule has 0 aliphatic carbocycles. The first-order valence-electron chi connectivity index (χ1n) is 8.43. The van der Waals surface area contributed by atoms with Crippen LogP contribution in [-0.4, -0.2) is 41.2 Å². The van der Waals surface area contributed by atoms with E-state index in [0.717, 1.165) is 50.7 Å². The number of anilines is 1. The van der Waals surface area contributed by atoms with Crippen molar-refractivity contribution in [1.29, 1.82) is 0 Å². The summed E-state index contributed by atoms with van der Waals surface area (Å²) in [4.78, 5) is 2.35. The third-order valence-corrected chi connectivity index (χ3v) is 4.43. The van der Waals surface area contributed by atoms with Gasteiger partial charge in [-0.15, -0.1) is 0 Å². The third kappa shape index (κ3) is 3.77. The van der Waals surface area contributed by atoms with Crippen LogP contribution in [0.15, 0.2) is 24.3 Å². The maximum absolute atomic E-state index is 9.24. The summed E-state index contributed by atoms with van der Waals surface area (Å²) in [6, 6.07) is 8.03. The maximum Gasteiger partial charge on any atom is 0.131 e. The lowest BCUT2D eigenvalue weighted by Crippen LogP contribution is -2.38. The minimum atomic E-state index is 0.0801. The second kappa shape index (κ2) is 7.79. The molecule has 2 aromatic rings. The maximum atomic E-state index is 9.24. The molecule has 1 aliphatic heterocycles. The normalized spacial score (nSPS) is 15.0. The van der Waals surface area contributed by atoms with Gasteiger partial charge in [0.1, 0.15) is 5.82 Å². The average molecular weight is 330 g/mol. The summed E-state index contributed by atoms with van der Waals surface area (Å²) in [7, 11) is 2.01. The summed E-state index contributed by atoms with van der Waals surface area (Å²) < 4.78 is 7.44. The first-order valence-corrected chi connectivity index (χ1v) is 8.43. The van der Waals surface area contributed by atoms with Crippen LogP contribution in [0, 0.1) is 6.92 Å². The predicted molar refractivity (Wildman–Crippen MR) is 93.9 cm³/mol. The molecule has 1 aliphatic rings. The number of hydrogen-bond donors (Lipinski definition) is 2. The molecule has 1 aromatic carbocycles. The molecular formula is C18H26N4O2. The number of aryl methyl sites for hydroxylation is 2. The molecule has 0 bridgehead atoms. The second-order valence-electron chi connectivity index (χ2n) is 6.19. The Morgan fingerprint density at radius 1 is 1.21 bits per heavy atom. The van der Waals surface area contributed by atoms with E-state index in [-0.39, 0.29) is 6.61 Å². The number of ether oxygens (including phenoxy) is 1. The molecule has 130 valence electrons. The number of rotatable bonds is 6. The van der Waals surface area contributed by atoms with Crippen molar-refractivity contribution in [1.82, 2.24) is 15.1 Å². The van der Waals surface area contributed by atoms with Gasteiger partial charge in [0.25, 0.3) is 0 Å².